The molecule has 2 aromatic carbocycles. The summed E-state index contributed by atoms with van der Waals surface area (Å²) in [5.41, 5.74) is -0.244. The van der Waals surface area contributed by atoms with Crippen molar-refractivity contribution in [3.63, 3.8) is 0 Å². The van der Waals surface area contributed by atoms with E-state index in [2.05, 4.69) is 4.18 Å². The van der Waals surface area contributed by atoms with Crippen LogP contribution in [0.15, 0.2) is 45.8 Å². The van der Waals surface area contributed by atoms with E-state index in [4.69, 9.17) is 13.7 Å². The standard InChI is InChI=1S/C16H12O9S/c1-23-13-4-8(2-3-12(13)25-26(20,21)22)10-7-24-14-6-9(17)5-11(18)15(14)16(10)19/h2-7,17-18H,1H3,(H,20,21,22). The Morgan fingerprint density at radius 1 is 1.08 bits per heavy atom. The Bertz CT molecular complexity index is 1160. The van der Waals surface area contributed by atoms with E-state index in [1.807, 2.05) is 0 Å². The van der Waals surface area contributed by atoms with E-state index in [-0.39, 0.29) is 39.3 Å². The molecule has 0 aliphatic rings. The van der Waals surface area contributed by atoms with Crippen molar-refractivity contribution in [1.82, 2.24) is 0 Å². The van der Waals surface area contributed by atoms with Gasteiger partial charge in [-0.1, -0.05) is 6.07 Å². The van der Waals surface area contributed by atoms with Crippen molar-refractivity contribution in [1.29, 1.82) is 0 Å². The third-order valence-electron chi connectivity index (χ3n) is 3.51. The summed E-state index contributed by atoms with van der Waals surface area (Å²) in [5.74, 6) is -1.06. The van der Waals surface area contributed by atoms with Gasteiger partial charge in [-0.15, -0.1) is 0 Å². The highest BCUT2D eigenvalue weighted by molar-refractivity contribution is 7.81. The second-order valence-electron chi connectivity index (χ2n) is 5.19. The van der Waals surface area contributed by atoms with Gasteiger partial charge in [-0.3, -0.25) is 9.35 Å². The van der Waals surface area contributed by atoms with Crippen LogP contribution in [0.25, 0.3) is 22.1 Å². The van der Waals surface area contributed by atoms with Crippen molar-refractivity contribution in [3.8, 4) is 34.1 Å². The molecule has 136 valence electrons. The number of fused-ring (bicyclic) bond motifs is 1. The fourth-order valence-corrected chi connectivity index (χ4v) is 2.80. The highest BCUT2D eigenvalue weighted by atomic mass is 32.3. The van der Waals surface area contributed by atoms with E-state index >= 15 is 0 Å². The molecule has 26 heavy (non-hydrogen) atoms. The smallest absolute Gasteiger partial charge is 0.446 e. The molecule has 3 rings (SSSR count). The number of phenols is 2. The minimum Gasteiger partial charge on any atom is -0.508 e. The van der Waals surface area contributed by atoms with Gasteiger partial charge in [-0.2, -0.15) is 8.42 Å². The van der Waals surface area contributed by atoms with Gasteiger partial charge >= 0.3 is 10.4 Å². The van der Waals surface area contributed by atoms with E-state index in [0.29, 0.717) is 0 Å². The number of hydrogen-bond acceptors (Lipinski definition) is 8. The van der Waals surface area contributed by atoms with E-state index in [1.165, 1.54) is 31.4 Å². The lowest BCUT2D eigenvalue weighted by Crippen LogP contribution is -2.08. The number of ether oxygens (including phenoxy) is 1. The van der Waals surface area contributed by atoms with Crippen LogP contribution < -0.4 is 14.3 Å². The Hall–Kier alpha value is -3.24. The summed E-state index contributed by atoms with van der Waals surface area (Å²) in [6.45, 7) is 0. The second kappa shape index (κ2) is 6.24. The second-order valence-corrected chi connectivity index (χ2v) is 6.22. The largest absolute Gasteiger partial charge is 0.508 e. The molecular weight excluding hydrogens is 368 g/mol. The summed E-state index contributed by atoms with van der Waals surface area (Å²) in [6, 6.07) is 6.02. The van der Waals surface area contributed by atoms with Crippen LogP contribution in [-0.2, 0) is 10.4 Å². The maximum absolute atomic E-state index is 12.7. The van der Waals surface area contributed by atoms with Gasteiger partial charge in [0.1, 0.15) is 28.7 Å². The lowest BCUT2D eigenvalue weighted by atomic mass is 10.0. The third-order valence-corrected chi connectivity index (χ3v) is 3.90. The molecular formula is C16H12O9S. The topological polar surface area (TPSA) is 144 Å². The summed E-state index contributed by atoms with van der Waals surface area (Å²) in [6.07, 6.45) is 1.13. The molecule has 0 fully saturated rings. The average molecular weight is 380 g/mol. The van der Waals surface area contributed by atoms with Crippen LogP contribution in [0, 0.1) is 0 Å². The predicted molar refractivity (Wildman–Crippen MR) is 90.0 cm³/mol. The van der Waals surface area contributed by atoms with E-state index in [1.54, 1.807) is 0 Å². The first-order chi connectivity index (χ1) is 12.2. The number of hydrogen-bond donors (Lipinski definition) is 3. The van der Waals surface area contributed by atoms with Gasteiger partial charge < -0.3 is 23.6 Å². The lowest BCUT2D eigenvalue weighted by molar-refractivity contribution is 0.360. The van der Waals surface area contributed by atoms with Gasteiger partial charge in [0, 0.05) is 12.1 Å². The monoisotopic (exact) mass is 380 g/mol. The first-order valence-electron chi connectivity index (χ1n) is 7.02. The third kappa shape index (κ3) is 3.27. The SMILES string of the molecule is COc1cc(-c2coc3cc(O)cc(O)c3c2=O)ccc1OS(=O)(=O)O. The Balaban J connectivity index is 2.18. The molecule has 1 aromatic heterocycles. The van der Waals surface area contributed by atoms with Crippen molar-refractivity contribution in [3.05, 3.63) is 46.8 Å². The fourth-order valence-electron chi connectivity index (χ4n) is 2.43. The molecule has 0 saturated carbocycles. The molecule has 0 spiro atoms. The molecule has 10 heteroatoms. The molecule has 9 nitrogen and oxygen atoms in total. The van der Waals surface area contributed by atoms with Gasteiger partial charge in [-0.05, 0) is 17.7 Å². The van der Waals surface area contributed by atoms with Gasteiger partial charge in [0.25, 0.3) is 0 Å². The van der Waals surface area contributed by atoms with E-state index in [0.717, 1.165) is 12.3 Å². The highest BCUT2D eigenvalue weighted by Gasteiger charge is 2.17. The maximum atomic E-state index is 12.7. The molecule has 0 atom stereocenters. The van der Waals surface area contributed by atoms with Crippen molar-refractivity contribution >= 4 is 21.4 Å². The van der Waals surface area contributed by atoms with Crippen LogP contribution >= 0.6 is 0 Å². The van der Waals surface area contributed by atoms with Gasteiger partial charge in [0.05, 0.1) is 12.7 Å². The summed E-state index contributed by atoms with van der Waals surface area (Å²) < 4.78 is 45.2. The number of aromatic hydroxyl groups is 2. The maximum Gasteiger partial charge on any atom is 0.446 e. The Morgan fingerprint density at radius 2 is 1.81 bits per heavy atom. The number of methoxy groups -OCH3 is 1. The van der Waals surface area contributed by atoms with Crippen LogP contribution in [-0.4, -0.2) is 30.3 Å². The van der Waals surface area contributed by atoms with Gasteiger partial charge in [0.2, 0.25) is 5.43 Å². The molecule has 0 radical (unpaired) electrons. The van der Waals surface area contributed by atoms with Crippen molar-refractivity contribution in [2.45, 2.75) is 0 Å². The minimum atomic E-state index is -4.75. The first kappa shape index (κ1) is 17.6. The fraction of sp³-hybridized carbons (Fsp3) is 0.0625. The minimum absolute atomic E-state index is 0.00505. The van der Waals surface area contributed by atoms with Crippen LogP contribution in [0.5, 0.6) is 23.0 Å². The molecule has 3 N–H and O–H groups in total. The normalized spacial score (nSPS) is 11.5. The van der Waals surface area contributed by atoms with Crippen LogP contribution in [0.2, 0.25) is 0 Å². The van der Waals surface area contributed by atoms with Crippen LogP contribution in [0.4, 0.5) is 0 Å². The number of benzene rings is 2. The molecule has 3 aromatic rings. The Morgan fingerprint density at radius 3 is 2.46 bits per heavy atom. The van der Waals surface area contributed by atoms with Crippen molar-refractivity contribution in [2.24, 2.45) is 0 Å². The molecule has 0 aliphatic heterocycles. The Kier molecular flexibility index (Phi) is 4.22. The zero-order chi connectivity index (χ0) is 19.1. The summed E-state index contributed by atoms with van der Waals surface area (Å²) >= 11 is 0. The zero-order valence-corrected chi connectivity index (χ0v) is 14.0. The van der Waals surface area contributed by atoms with Crippen LogP contribution in [0.3, 0.4) is 0 Å². The predicted octanol–water partition coefficient (Wildman–Crippen LogP) is 2.06. The van der Waals surface area contributed by atoms with E-state index in [9.17, 15) is 23.4 Å². The lowest BCUT2D eigenvalue weighted by Gasteiger charge is -2.10. The molecule has 1 heterocycles. The molecule has 0 bridgehead atoms. The zero-order valence-electron chi connectivity index (χ0n) is 13.2. The average Bonchev–Trinajstić information content (AvgIpc) is 2.53. The first-order valence-corrected chi connectivity index (χ1v) is 8.39. The van der Waals surface area contributed by atoms with Gasteiger partial charge in [0.15, 0.2) is 11.5 Å². The number of rotatable bonds is 4. The number of phenolic OH excluding ortho intramolecular Hbond substituents is 2. The molecule has 0 saturated heterocycles. The molecule has 0 aliphatic carbocycles. The van der Waals surface area contributed by atoms with Gasteiger partial charge in [-0.25, -0.2) is 0 Å². The molecule has 0 unspecified atom stereocenters. The molecule has 0 amide bonds. The highest BCUT2D eigenvalue weighted by Crippen LogP contribution is 2.34. The van der Waals surface area contributed by atoms with Crippen LogP contribution in [0.1, 0.15) is 0 Å². The van der Waals surface area contributed by atoms with Crippen molar-refractivity contribution in [2.75, 3.05) is 7.11 Å². The summed E-state index contributed by atoms with van der Waals surface area (Å²) in [4.78, 5) is 12.7. The summed E-state index contributed by atoms with van der Waals surface area (Å²) in [5, 5.41) is 19.2. The van der Waals surface area contributed by atoms with E-state index < -0.39 is 21.6 Å². The van der Waals surface area contributed by atoms with Crippen molar-refractivity contribution < 1.29 is 36.5 Å². The quantitative estimate of drug-likeness (QED) is 0.579. The summed E-state index contributed by atoms with van der Waals surface area (Å²) in [7, 11) is -3.51. The Labute approximate surface area is 146 Å².